The first-order valence-corrected chi connectivity index (χ1v) is 18.5. The van der Waals surface area contributed by atoms with Gasteiger partial charge in [0.15, 0.2) is 5.78 Å². The SMILES string of the molecule is CSCC[C@H](NC=O)C(=O)N[C@@H](CC(C)C)C(=O)Oc1ccc(COC(=O)C2=CN(C3CC3)C3C=C(N4CCNCC4)C(F)=CC3C2=O)cc1. The molecule has 50 heavy (non-hydrogen) atoms. The van der Waals surface area contributed by atoms with Gasteiger partial charge in [0.1, 0.15) is 35.8 Å². The van der Waals surface area contributed by atoms with Crippen LogP contribution in [0, 0.1) is 11.8 Å². The smallest absolute Gasteiger partial charge is 0.343 e. The van der Waals surface area contributed by atoms with Crippen LogP contribution in [-0.4, -0.2) is 102 Å². The van der Waals surface area contributed by atoms with E-state index in [1.54, 1.807) is 42.2 Å². The first-order chi connectivity index (χ1) is 24.1. The number of thioether (sulfide) groups is 1. The Kier molecular flexibility index (Phi) is 12.7. The third-order valence-electron chi connectivity index (χ3n) is 9.12. The van der Waals surface area contributed by atoms with Crippen LogP contribution in [0.3, 0.4) is 0 Å². The number of nitrogens with zero attached hydrogens (tertiary/aromatic N) is 2. The van der Waals surface area contributed by atoms with Gasteiger partial charge in [0, 0.05) is 38.4 Å². The van der Waals surface area contributed by atoms with E-state index in [0.29, 0.717) is 49.4 Å². The van der Waals surface area contributed by atoms with Gasteiger partial charge in [0.2, 0.25) is 12.3 Å². The molecule has 1 saturated carbocycles. The Morgan fingerprint density at radius 3 is 2.46 bits per heavy atom. The molecule has 0 radical (unpaired) electrons. The number of ketones is 1. The summed E-state index contributed by atoms with van der Waals surface area (Å²) in [6, 6.07) is 4.46. The average Bonchev–Trinajstić information content (AvgIpc) is 3.95. The number of allylic oxidation sites excluding steroid dienone is 1. The number of hydrogen-bond acceptors (Lipinski definition) is 11. The van der Waals surface area contributed by atoms with Gasteiger partial charge in [-0.15, -0.1) is 0 Å². The number of carbonyl (C=O) groups is 5. The maximum atomic E-state index is 15.3. The Bertz CT molecular complexity index is 1520. The molecule has 1 saturated heterocycles. The lowest BCUT2D eigenvalue weighted by Gasteiger charge is -2.41. The first kappa shape index (κ1) is 37.1. The molecule has 1 aromatic carbocycles. The van der Waals surface area contributed by atoms with Crippen LogP contribution in [-0.2, 0) is 35.3 Å². The van der Waals surface area contributed by atoms with Crippen molar-refractivity contribution in [2.24, 2.45) is 11.8 Å². The Labute approximate surface area is 296 Å². The molecule has 1 aromatic rings. The Balaban J connectivity index is 1.20. The fourth-order valence-corrected chi connectivity index (χ4v) is 6.81. The van der Waals surface area contributed by atoms with Crippen molar-refractivity contribution in [3.05, 3.63) is 65.3 Å². The molecule has 270 valence electrons. The van der Waals surface area contributed by atoms with Gasteiger partial charge in [-0.25, -0.2) is 14.0 Å². The van der Waals surface area contributed by atoms with Gasteiger partial charge in [-0.3, -0.25) is 14.4 Å². The molecule has 3 N–H and O–H groups in total. The molecule has 14 heteroatoms. The van der Waals surface area contributed by atoms with Gasteiger partial charge in [0.25, 0.3) is 0 Å². The second-order valence-electron chi connectivity index (χ2n) is 13.4. The fraction of sp³-hybridized carbons (Fsp3) is 0.528. The number of ether oxygens (including phenoxy) is 2. The summed E-state index contributed by atoms with van der Waals surface area (Å²) < 4.78 is 26.5. The lowest BCUT2D eigenvalue weighted by molar-refractivity contribution is -0.142. The van der Waals surface area contributed by atoms with Crippen molar-refractivity contribution in [1.82, 2.24) is 25.8 Å². The van der Waals surface area contributed by atoms with Gasteiger partial charge in [-0.2, -0.15) is 11.8 Å². The van der Waals surface area contributed by atoms with Crippen molar-refractivity contribution in [3.8, 4) is 5.75 Å². The maximum Gasteiger partial charge on any atom is 0.343 e. The summed E-state index contributed by atoms with van der Waals surface area (Å²) in [6.45, 7) is 6.57. The lowest BCUT2D eigenvalue weighted by Crippen LogP contribution is -2.51. The second-order valence-corrected chi connectivity index (χ2v) is 14.3. The minimum Gasteiger partial charge on any atom is -0.457 e. The number of Topliss-reactive ketones (excluding diaryl/α,β-unsaturated/α-hetero) is 1. The van der Waals surface area contributed by atoms with Crippen molar-refractivity contribution < 1.29 is 37.8 Å². The van der Waals surface area contributed by atoms with E-state index in [-0.39, 0.29) is 35.9 Å². The van der Waals surface area contributed by atoms with E-state index in [1.165, 1.54) is 6.08 Å². The van der Waals surface area contributed by atoms with Gasteiger partial charge in [-0.1, -0.05) is 26.0 Å². The lowest BCUT2D eigenvalue weighted by atomic mass is 9.82. The predicted molar refractivity (Wildman–Crippen MR) is 186 cm³/mol. The molecule has 4 atom stereocenters. The van der Waals surface area contributed by atoms with Gasteiger partial charge in [0.05, 0.1) is 17.7 Å². The molecule has 0 bridgehead atoms. The van der Waals surface area contributed by atoms with E-state index < -0.39 is 47.5 Å². The number of piperazine rings is 1. The molecule has 2 heterocycles. The van der Waals surface area contributed by atoms with Crippen LogP contribution < -0.4 is 20.7 Å². The molecule has 5 rings (SSSR count). The largest absolute Gasteiger partial charge is 0.457 e. The third-order valence-corrected chi connectivity index (χ3v) is 9.76. The number of carbonyl (C=O) groups excluding carboxylic acids is 5. The Morgan fingerprint density at radius 2 is 1.82 bits per heavy atom. The summed E-state index contributed by atoms with van der Waals surface area (Å²) in [5.74, 6) is -2.68. The third kappa shape index (κ3) is 9.33. The summed E-state index contributed by atoms with van der Waals surface area (Å²) in [5, 5.41) is 8.50. The molecule has 0 aromatic heterocycles. The number of rotatable bonds is 16. The van der Waals surface area contributed by atoms with Crippen molar-refractivity contribution in [2.45, 2.75) is 70.3 Å². The zero-order valence-corrected chi connectivity index (χ0v) is 29.5. The Morgan fingerprint density at radius 1 is 1.10 bits per heavy atom. The molecule has 2 amide bonds. The van der Waals surface area contributed by atoms with Crippen molar-refractivity contribution >= 4 is 41.8 Å². The van der Waals surface area contributed by atoms with Crippen LogP contribution in [0.5, 0.6) is 5.75 Å². The average molecular weight is 712 g/mol. The number of fused-ring (bicyclic) bond motifs is 1. The maximum absolute atomic E-state index is 15.3. The standard InChI is InChI=1S/C36H46FN5O7S/c1-22(2)16-30(40-34(45)29(39-21-43)10-15-50-3)36(47)49-25-8-4-23(5-9-25)20-48-35(46)27-19-42(24-6-7-24)31-18-32(41-13-11-38-12-14-41)28(37)17-26(31)33(27)44/h4-5,8-9,17-19,21-22,24,26,29-31,38H,6-7,10-16,20H2,1-3H3,(H,39,43)(H,40,45)/t26?,29-,30-,31?/m0/s1. The number of benzene rings is 1. The summed E-state index contributed by atoms with van der Waals surface area (Å²) in [4.78, 5) is 67.8. The zero-order chi connectivity index (χ0) is 35.8. The highest BCUT2D eigenvalue weighted by Crippen LogP contribution is 2.40. The molecule has 0 spiro atoms. The summed E-state index contributed by atoms with van der Waals surface area (Å²) in [6.07, 6.45) is 9.74. The van der Waals surface area contributed by atoms with Gasteiger partial charge in [-0.05, 0) is 73.5 Å². The van der Waals surface area contributed by atoms with Crippen molar-refractivity contribution in [2.75, 3.05) is 38.2 Å². The van der Waals surface area contributed by atoms with E-state index in [4.69, 9.17) is 9.47 Å². The fourth-order valence-electron chi connectivity index (χ4n) is 6.34. The Hall–Kier alpha value is -4.17. The van der Waals surface area contributed by atoms with E-state index in [9.17, 15) is 24.0 Å². The molecule has 2 unspecified atom stereocenters. The highest BCUT2D eigenvalue weighted by Gasteiger charge is 2.46. The summed E-state index contributed by atoms with van der Waals surface area (Å²) >= 11 is 1.54. The number of hydrogen-bond donors (Lipinski definition) is 3. The second kappa shape index (κ2) is 17.2. The van der Waals surface area contributed by atoms with Gasteiger partial charge < -0.3 is 35.2 Å². The normalized spacial score (nSPS) is 21.6. The van der Waals surface area contributed by atoms with Crippen molar-refractivity contribution in [3.63, 3.8) is 0 Å². The predicted octanol–water partition coefficient (Wildman–Crippen LogP) is 2.61. The minimum atomic E-state index is -0.930. The highest BCUT2D eigenvalue weighted by atomic mass is 32.2. The molecule has 2 aliphatic carbocycles. The molecular formula is C36H46FN5O7S. The molecule has 2 aliphatic heterocycles. The van der Waals surface area contributed by atoms with E-state index >= 15 is 4.39 Å². The first-order valence-electron chi connectivity index (χ1n) is 17.1. The number of nitrogens with one attached hydrogen (secondary N) is 3. The topological polar surface area (TPSA) is 146 Å². The van der Waals surface area contributed by atoms with Crippen LogP contribution >= 0.6 is 11.8 Å². The quantitative estimate of drug-likeness (QED) is 0.101. The number of amides is 2. The highest BCUT2D eigenvalue weighted by molar-refractivity contribution is 7.98. The molecular weight excluding hydrogens is 665 g/mol. The number of esters is 2. The molecule has 2 fully saturated rings. The monoisotopic (exact) mass is 711 g/mol. The van der Waals surface area contributed by atoms with Crippen molar-refractivity contribution in [1.29, 1.82) is 0 Å². The zero-order valence-electron chi connectivity index (χ0n) is 28.7. The molecule has 12 nitrogen and oxygen atoms in total. The summed E-state index contributed by atoms with van der Waals surface area (Å²) in [7, 11) is 0. The van der Waals surface area contributed by atoms with Crippen LogP contribution in [0.2, 0.25) is 0 Å². The van der Waals surface area contributed by atoms with E-state index in [0.717, 1.165) is 25.9 Å². The van der Waals surface area contributed by atoms with Crippen LogP contribution in [0.25, 0.3) is 0 Å². The minimum absolute atomic E-state index is 0.0708. The van der Waals surface area contributed by atoms with E-state index in [1.807, 2.05) is 36.0 Å². The summed E-state index contributed by atoms with van der Waals surface area (Å²) in [5.41, 5.74) is 0.987. The van der Waals surface area contributed by atoms with Crippen LogP contribution in [0.4, 0.5) is 4.39 Å². The van der Waals surface area contributed by atoms with Gasteiger partial charge >= 0.3 is 11.9 Å². The van der Waals surface area contributed by atoms with Crippen LogP contribution in [0.15, 0.2) is 59.7 Å². The van der Waals surface area contributed by atoms with E-state index in [2.05, 4.69) is 16.0 Å². The molecule has 4 aliphatic rings. The van der Waals surface area contributed by atoms with Crippen LogP contribution in [0.1, 0.15) is 45.1 Å². The number of halogens is 1.